The molecule has 5 nitrogen and oxygen atoms in total. The lowest BCUT2D eigenvalue weighted by molar-refractivity contribution is -0.124. The van der Waals surface area contributed by atoms with Gasteiger partial charge in [-0.1, -0.05) is 20.8 Å². The van der Waals surface area contributed by atoms with Crippen molar-refractivity contribution in [3.63, 3.8) is 0 Å². The van der Waals surface area contributed by atoms with Crippen LogP contribution in [0, 0.1) is 5.92 Å². The lowest BCUT2D eigenvalue weighted by Gasteiger charge is -2.20. The van der Waals surface area contributed by atoms with Crippen LogP contribution in [0.2, 0.25) is 0 Å². The molecule has 1 atom stereocenters. The van der Waals surface area contributed by atoms with Crippen molar-refractivity contribution >= 4 is 12.0 Å². The van der Waals surface area contributed by atoms with E-state index in [-0.39, 0.29) is 11.8 Å². The first kappa shape index (κ1) is 13.7. The largest absolute Gasteiger partial charge is 0.453 e. The number of methoxy groups -OCH3 is 1. The first-order valence-electron chi connectivity index (χ1n) is 5.15. The standard InChI is InChI=1S/C10H20N2O3/c1-5-6-11-9(13)8(7(2)3)12-10(14)15-4/h7-8H,5-6H2,1-4H3,(H,11,13)(H,12,14)/t8-/m0/s1. The van der Waals surface area contributed by atoms with Gasteiger partial charge in [-0.05, 0) is 12.3 Å². The summed E-state index contributed by atoms with van der Waals surface area (Å²) in [4.78, 5) is 22.6. The van der Waals surface area contributed by atoms with Gasteiger partial charge >= 0.3 is 6.09 Å². The molecule has 0 saturated heterocycles. The van der Waals surface area contributed by atoms with Gasteiger partial charge in [0.1, 0.15) is 6.04 Å². The van der Waals surface area contributed by atoms with Crippen molar-refractivity contribution in [3.05, 3.63) is 0 Å². The molecule has 0 radical (unpaired) electrons. The van der Waals surface area contributed by atoms with E-state index in [0.29, 0.717) is 6.54 Å². The highest BCUT2D eigenvalue weighted by atomic mass is 16.5. The van der Waals surface area contributed by atoms with Gasteiger partial charge in [0, 0.05) is 6.54 Å². The summed E-state index contributed by atoms with van der Waals surface area (Å²) in [5, 5.41) is 5.24. The number of ether oxygens (including phenoxy) is 1. The van der Waals surface area contributed by atoms with Crippen molar-refractivity contribution < 1.29 is 14.3 Å². The molecule has 0 aliphatic heterocycles. The SMILES string of the molecule is CCCNC(=O)[C@@H](NC(=O)OC)C(C)C. The molecule has 0 aliphatic rings. The lowest BCUT2D eigenvalue weighted by atomic mass is 10.0. The summed E-state index contributed by atoms with van der Waals surface area (Å²) in [6.45, 7) is 6.32. The Morgan fingerprint density at radius 2 is 1.93 bits per heavy atom. The van der Waals surface area contributed by atoms with Crippen LogP contribution in [0.5, 0.6) is 0 Å². The molecule has 0 bridgehead atoms. The maximum absolute atomic E-state index is 11.6. The number of nitrogens with one attached hydrogen (secondary N) is 2. The fourth-order valence-electron chi connectivity index (χ4n) is 1.08. The molecule has 88 valence electrons. The highest BCUT2D eigenvalue weighted by Gasteiger charge is 2.23. The minimum Gasteiger partial charge on any atom is -0.453 e. The minimum atomic E-state index is -0.583. The zero-order valence-electron chi connectivity index (χ0n) is 9.79. The zero-order valence-corrected chi connectivity index (χ0v) is 9.79. The third-order valence-electron chi connectivity index (χ3n) is 1.96. The lowest BCUT2D eigenvalue weighted by Crippen LogP contribution is -2.49. The predicted octanol–water partition coefficient (Wildman–Crippen LogP) is 0.893. The molecule has 0 aromatic rings. The van der Waals surface area contributed by atoms with E-state index in [1.54, 1.807) is 0 Å². The molecule has 0 heterocycles. The minimum absolute atomic E-state index is 0.0287. The second-order valence-electron chi connectivity index (χ2n) is 3.65. The summed E-state index contributed by atoms with van der Waals surface area (Å²) in [6, 6.07) is -0.538. The summed E-state index contributed by atoms with van der Waals surface area (Å²) < 4.78 is 4.46. The van der Waals surface area contributed by atoms with E-state index < -0.39 is 12.1 Å². The number of rotatable bonds is 5. The van der Waals surface area contributed by atoms with Gasteiger partial charge < -0.3 is 15.4 Å². The van der Waals surface area contributed by atoms with Crippen LogP contribution >= 0.6 is 0 Å². The zero-order chi connectivity index (χ0) is 11.8. The van der Waals surface area contributed by atoms with Crippen LogP contribution in [0.4, 0.5) is 4.79 Å². The van der Waals surface area contributed by atoms with Crippen LogP contribution in [0.15, 0.2) is 0 Å². The first-order chi connectivity index (χ1) is 7.02. The maximum atomic E-state index is 11.6. The Morgan fingerprint density at radius 3 is 2.33 bits per heavy atom. The van der Waals surface area contributed by atoms with Crippen molar-refractivity contribution in [3.8, 4) is 0 Å². The smallest absolute Gasteiger partial charge is 0.407 e. The predicted molar refractivity (Wildman–Crippen MR) is 57.5 cm³/mol. The number of carbonyl (C=O) groups is 2. The monoisotopic (exact) mass is 216 g/mol. The van der Waals surface area contributed by atoms with Crippen molar-refractivity contribution in [2.75, 3.05) is 13.7 Å². The van der Waals surface area contributed by atoms with Crippen molar-refractivity contribution in [2.45, 2.75) is 33.2 Å². The number of amides is 2. The molecule has 0 saturated carbocycles. The quantitative estimate of drug-likeness (QED) is 0.717. The molecule has 0 rings (SSSR count). The summed E-state index contributed by atoms with van der Waals surface area (Å²) >= 11 is 0. The van der Waals surface area contributed by atoms with Crippen LogP contribution in [0.1, 0.15) is 27.2 Å². The Hall–Kier alpha value is -1.26. The average Bonchev–Trinajstić information content (AvgIpc) is 2.21. The van der Waals surface area contributed by atoms with E-state index in [9.17, 15) is 9.59 Å². The Balaban J connectivity index is 4.25. The number of carbonyl (C=O) groups excluding carboxylic acids is 2. The molecule has 5 heteroatoms. The van der Waals surface area contributed by atoms with Gasteiger partial charge in [0.25, 0.3) is 0 Å². The maximum Gasteiger partial charge on any atom is 0.407 e. The average molecular weight is 216 g/mol. The Morgan fingerprint density at radius 1 is 1.33 bits per heavy atom. The van der Waals surface area contributed by atoms with E-state index in [2.05, 4.69) is 15.4 Å². The Labute approximate surface area is 90.6 Å². The number of hydrogen-bond acceptors (Lipinski definition) is 3. The molecule has 0 spiro atoms. The van der Waals surface area contributed by atoms with E-state index in [1.165, 1.54) is 7.11 Å². The fraction of sp³-hybridized carbons (Fsp3) is 0.800. The summed E-state index contributed by atoms with van der Waals surface area (Å²) in [5.41, 5.74) is 0. The van der Waals surface area contributed by atoms with Crippen molar-refractivity contribution in [1.29, 1.82) is 0 Å². The van der Waals surface area contributed by atoms with Gasteiger partial charge in [0.05, 0.1) is 7.11 Å². The second kappa shape index (κ2) is 7.09. The van der Waals surface area contributed by atoms with Gasteiger partial charge in [-0.15, -0.1) is 0 Å². The van der Waals surface area contributed by atoms with Crippen molar-refractivity contribution in [1.82, 2.24) is 10.6 Å². The summed E-state index contributed by atoms with van der Waals surface area (Å²) in [6.07, 6.45) is 0.287. The molecule has 2 N–H and O–H groups in total. The summed E-state index contributed by atoms with van der Waals surface area (Å²) in [5.74, 6) is -0.141. The van der Waals surface area contributed by atoms with E-state index in [1.807, 2.05) is 20.8 Å². The van der Waals surface area contributed by atoms with Crippen LogP contribution in [-0.2, 0) is 9.53 Å². The third-order valence-corrected chi connectivity index (χ3v) is 1.96. The third kappa shape index (κ3) is 5.24. The highest BCUT2D eigenvalue weighted by molar-refractivity contribution is 5.85. The molecule has 15 heavy (non-hydrogen) atoms. The number of hydrogen-bond donors (Lipinski definition) is 2. The van der Waals surface area contributed by atoms with Gasteiger partial charge in [-0.2, -0.15) is 0 Å². The fourth-order valence-corrected chi connectivity index (χ4v) is 1.08. The van der Waals surface area contributed by atoms with E-state index >= 15 is 0 Å². The van der Waals surface area contributed by atoms with E-state index in [0.717, 1.165) is 6.42 Å². The molecule has 0 aromatic heterocycles. The number of alkyl carbamates (subject to hydrolysis) is 1. The molecule has 0 unspecified atom stereocenters. The Kier molecular flexibility index (Phi) is 6.49. The van der Waals surface area contributed by atoms with Gasteiger partial charge in [-0.3, -0.25) is 4.79 Å². The van der Waals surface area contributed by atoms with Crippen LogP contribution in [0.3, 0.4) is 0 Å². The van der Waals surface area contributed by atoms with Gasteiger partial charge in [-0.25, -0.2) is 4.79 Å². The molecule has 0 fully saturated rings. The van der Waals surface area contributed by atoms with E-state index in [4.69, 9.17) is 0 Å². The van der Waals surface area contributed by atoms with Crippen LogP contribution in [-0.4, -0.2) is 31.7 Å². The molecular weight excluding hydrogens is 196 g/mol. The molecular formula is C10H20N2O3. The normalized spacial score (nSPS) is 12.1. The molecule has 0 aromatic carbocycles. The highest BCUT2D eigenvalue weighted by Crippen LogP contribution is 2.02. The topological polar surface area (TPSA) is 67.4 Å². The molecule has 2 amide bonds. The van der Waals surface area contributed by atoms with Gasteiger partial charge in [0.2, 0.25) is 5.91 Å². The Bertz CT molecular complexity index is 217. The van der Waals surface area contributed by atoms with Crippen LogP contribution < -0.4 is 10.6 Å². The van der Waals surface area contributed by atoms with Gasteiger partial charge in [0.15, 0.2) is 0 Å². The summed E-state index contributed by atoms with van der Waals surface area (Å²) in [7, 11) is 1.27. The first-order valence-corrected chi connectivity index (χ1v) is 5.15. The van der Waals surface area contributed by atoms with Crippen LogP contribution in [0.25, 0.3) is 0 Å². The second-order valence-corrected chi connectivity index (χ2v) is 3.65. The van der Waals surface area contributed by atoms with Crippen molar-refractivity contribution in [2.24, 2.45) is 5.92 Å². The molecule has 0 aliphatic carbocycles.